The van der Waals surface area contributed by atoms with Gasteiger partial charge in [-0.25, -0.2) is 14.6 Å². The molecule has 6 heteroatoms. The van der Waals surface area contributed by atoms with Crippen LogP contribution in [0.5, 0.6) is 11.5 Å². The van der Waals surface area contributed by atoms with E-state index in [4.69, 9.17) is 10.5 Å². The van der Waals surface area contributed by atoms with Crippen LogP contribution in [0.25, 0.3) is 0 Å². The Hall–Kier alpha value is -2.89. The van der Waals surface area contributed by atoms with E-state index in [1.807, 2.05) is 6.07 Å². The van der Waals surface area contributed by atoms with Crippen LogP contribution < -0.4 is 15.9 Å². The molecule has 0 spiro atoms. The number of primary amides is 1. The highest BCUT2D eigenvalue weighted by Gasteiger charge is 2.08. The molecule has 0 saturated heterocycles. The van der Waals surface area contributed by atoms with Crippen molar-refractivity contribution in [1.82, 2.24) is 5.43 Å². The number of nitrogens with two attached hydrogens (primary N) is 1. The third-order valence-corrected chi connectivity index (χ3v) is 2.65. The molecular weight excluding hydrogens is 273 g/mol. The fraction of sp³-hybridized carbons (Fsp3) is 0.0667. The van der Waals surface area contributed by atoms with Crippen LogP contribution in [0.3, 0.4) is 0 Å². The molecule has 0 radical (unpaired) electrons. The number of hydrazone groups is 1. The molecule has 21 heavy (non-hydrogen) atoms. The number of benzene rings is 2. The Morgan fingerprint density at radius 1 is 1.19 bits per heavy atom. The van der Waals surface area contributed by atoms with E-state index in [1.54, 1.807) is 25.1 Å². The van der Waals surface area contributed by atoms with E-state index in [2.05, 4.69) is 10.5 Å². The molecule has 2 aromatic rings. The average molecular weight is 287 g/mol. The highest BCUT2D eigenvalue weighted by molar-refractivity contribution is 6.01. The van der Waals surface area contributed by atoms with Crippen LogP contribution in [0.15, 0.2) is 53.6 Å². The summed E-state index contributed by atoms with van der Waals surface area (Å²) in [7, 11) is 0. The second-order valence-corrected chi connectivity index (χ2v) is 4.23. The molecule has 108 valence electrons. The normalized spacial score (nSPS) is 11.0. The first kappa shape index (κ1) is 14.5. The molecule has 2 amide bonds. The number of hydrogen-bond donors (Lipinski definition) is 2. The maximum atomic E-state index is 12.9. The van der Waals surface area contributed by atoms with Gasteiger partial charge in [-0.05, 0) is 43.3 Å². The SMILES string of the molecule is C/C(=N/NC(N)=O)c1ccccc1Oc1ccc(F)cc1. The standard InChI is InChI=1S/C15H14FN3O2/c1-10(18-19-15(17)20)13-4-2-3-5-14(13)21-12-8-6-11(16)7-9-12/h2-9H,1H3,(H3,17,19,20)/b18-10-. The van der Waals surface area contributed by atoms with E-state index in [0.717, 1.165) is 0 Å². The number of hydrogen-bond acceptors (Lipinski definition) is 3. The van der Waals surface area contributed by atoms with Crippen LogP contribution in [0.4, 0.5) is 9.18 Å². The fourth-order valence-corrected chi connectivity index (χ4v) is 1.68. The lowest BCUT2D eigenvalue weighted by Crippen LogP contribution is -2.25. The molecule has 0 heterocycles. The predicted molar refractivity (Wildman–Crippen MR) is 77.8 cm³/mol. The van der Waals surface area contributed by atoms with Gasteiger partial charge in [0, 0.05) is 5.56 Å². The Morgan fingerprint density at radius 2 is 1.86 bits per heavy atom. The van der Waals surface area contributed by atoms with Crippen LogP contribution in [-0.4, -0.2) is 11.7 Å². The van der Waals surface area contributed by atoms with Gasteiger partial charge in [0.05, 0.1) is 5.71 Å². The smallest absolute Gasteiger partial charge is 0.332 e. The van der Waals surface area contributed by atoms with Crippen LogP contribution in [0, 0.1) is 5.82 Å². The molecule has 0 aliphatic heterocycles. The van der Waals surface area contributed by atoms with Crippen molar-refractivity contribution in [3.63, 3.8) is 0 Å². The minimum atomic E-state index is -0.744. The van der Waals surface area contributed by atoms with Crippen molar-refractivity contribution in [2.75, 3.05) is 0 Å². The Labute approximate surface area is 121 Å². The van der Waals surface area contributed by atoms with Crippen molar-refractivity contribution >= 4 is 11.7 Å². The molecule has 0 aromatic heterocycles. The summed E-state index contributed by atoms with van der Waals surface area (Å²) in [6, 6.07) is 12.1. The largest absolute Gasteiger partial charge is 0.457 e. The molecule has 3 N–H and O–H groups in total. The molecule has 0 atom stereocenters. The second-order valence-electron chi connectivity index (χ2n) is 4.23. The van der Waals surface area contributed by atoms with Crippen molar-refractivity contribution in [2.24, 2.45) is 10.8 Å². The molecule has 0 aliphatic carbocycles. The Morgan fingerprint density at radius 3 is 2.52 bits per heavy atom. The van der Waals surface area contributed by atoms with E-state index in [9.17, 15) is 9.18 Å². The van der Waals surface area contributed by atoms with Crippen LogP contribution in [-0.2, 0) is 0 Å². The Kier molecular flexibility index (Phi) is 4.50. The van der Waals surface area contributed by atoms with Gasteiger partial charge >= 0.3 is 6.03 Å². The molecule has 5 nitrogen and oxygen atoms in total. The zero-order valence-electron chi connectivity index (χ0n) is 11.3. The second kappa shape index (κ2) is 6.51. The summed E-state index contributed by atoms with van der Waals surface area (Å²) in [4.78, 5) is 10.7. The predicted octanol–water partition coefficient (Wildman–Crippen LogP) is 3.01. The van der Waals surface area contributed by atoms with Crippen molar-refractivity contribution < 1.29 is 13.9 Å². The average Bonchev–Trinajstić information content (AvgIpc) is 2.48. The van der Waals surface area contributed by atoms with Gasteiger partial charge in [0.25, 0.3) is 0 Å². The number of nitrogens with one attached hydrogen (secondary N) is 1. The molecule has 0 aliphatic rings. The first-order valence-electron chi connectivity index (χ1n) is 6.19. The van der Waals surface area contributed by atoms with Crippen molar-refractivity contribution in [1.29, 1.82) is 0 Å². The summed E-state index contributed by atoms with van der Waals surface area (Å²) < 4.78 is 18.6. The molecular formula is C15H14FN3O2. The van der Waals surface area contributed by atoms with E-state index < -0.39 is 6.03 Å². The van der Waals surface area contributed by atoms with Crippen LogP contribution >= 0.6 is 0 Å². The molecule has 0 fully saturated rings. The summed E-state index contributed by atoms with van der Waals surface area (Å²) >= 11 is 0. The van der Waals surface area contributed by atoms with Gasteiger partial charge in [0.15, 0.2) is 0 Å². The Balaban J connectivity index is 2.26. The molecule has 0 bridgehead atoms. The van der Waals surface area contributed by atoms with Gasteiger partial charge in [-0.3, -0.25) is 0 Å². The van der Waals surface area contributed by atoms with E-state index >= 15 is 0 Å². The number of halogens is 1. The third kappa shape index (κ3) is 4.04. The molecule has 0 saturated carbocycles. The van der Waals surface area contributed by atoms with E-state index in [-0.39, 0.29) is 5.82 Å². The van der Waals surface area contributed by atoms with Crippen LogP contribution in [0.2, 0.25) is 0 Å². The Bertz CT molecular complexity index is 669. The number of urea groups is 1. The van der Waals surface area contributed by atoms with Crippen molar-refractivity contribution in [2.45, 2.75) is 6.92 Å². The van der Waals surface area contributed by atoms with Gasteiger partial charge in [-0.15, -0.1) is 0 Å². The zero-order chi connectivity index (χ0) is 15.2. The zero-order valence-corrected chi connectivity index (χ0v) is 11.3. The number of carbonyl (C=O) groups excluding carboxylic acids is 1. The minimum Gasteiger partial charge on any atom is -0.457 e. The van der Waals surface area contributed by atoms with Crippen LogP contribution in [0.1, 0.15) is 12.5 Å². The van der Waals surface area contributed by atoms with Gasteiger partial charge in [0.1, 0.15) is 17.3 Å². The van der Waals surface area contributed by atoms with Gasteiger partial charge in [-0.2, -0.15) is 5.10 Å². The summed E-state index contributed by atoms with van der Waals surface area (Å²) in [5, 5.41) is 3.86. The maximum absolute atomic E-state index is 12.9. The lowest BCUT2D eigenvalue weighted by Gasteiger charge is -2.10. The topological polar surface area (TPSA) is 76.7 Å². The highest BCUT2D eigenvalue weighted by atomic mass is 19.1. The number of carbonyl (C=O) groups is 1. The molecule has 2 aromatic carbocycles. The summed E-state index contributed by atoms with van der Waals surface area (Å²) in [6.07, 6.45) is 0. The van der Waals surface area contributed by atoms with E-state index in [1.165, 1.54) is 24.3 Å². The molecule has 0 unspecified atom stereocenters. The highest BCUT2D eigenvalue weighted by Crippen LogP contribution is 2.25. The number of nitrogens with zero attached hydrogens (tertiary/aromatic N) is 1. The number of amides is 2. The first-order chi connectivity index (χ1) is 10.1. The maximum Gasteiger partial charge on any atom is 0.332 e. The minimum absolute atomic E-state index is 0.334. The quantitative estimate of drug-likeness (QED) is 0.670. The number of para-hydroxylation sites is 1. The monoisotopic (exact) mass is 287 g/mol. The lowest BCUT2D eigenvalue weighted by atomic mass is 10.1. The summed E-state index contributed by atoms with van der Waals surface area (Å²) in [5.74, 6) is 0.704. The third-order valence-electron chi connectivity index (χ3n) is 2.65. The summed E-state index contributed by atoms with van der Waals surface area (Å²) in [6.45, 7) is 1.71. The van der Waals surface area contributed by atoms with Crippen molar-refractivity contribution in [3.05, 3.63) is 59.9 Å². The molecule has 2 rings (SSSR count). The number of ether oxygens (including phenoxy) is 1. The van der Waals surface area contributed by atoms with E-state index in [0.29, 0.717) is 22.8 Å². The van der Waals surface area contributed by atoms with Gasteiger partial charge in [0.2, 0.25) is 0 Å². The lowest BCUT2D eigenvalue weighted by molar-refractivity contribution is 0.249. The fourth-order valence-electron chi connectivity index (χ4n) is 1.68. The van der Waals surface area contributed by atoms with Gasteiger partial charge in [-0.1, -0.05) is 12.1 Å². The number of rotatable bonds is 4. The van der Waals surface area contributed by atoms with Gasteiger partial charge < -0.3 is 10.5 Å². The van der Waals surface area contributed by atoms with Crippen molar-refractivity contribution in [3.8, 4) is 11.5 Å². The first-order valence-corrected chi connectivity index (χ1v) is 6.19. The summed E-state index contributed by atoms with van der Waals surface area (Å²) in [5.41, 5.74) is 8.36.